The van der Waals surface area contributed by atoms with E-state index < -0.39 is 4.92 Å². The Balaban J connectivity index is 1.90. The number of nitro benzene ring substituents is 1. The largest absolute Gasteiger partial charge is 0.330 e. The molecule has 3 aromatic rings. The van der Waals surface area contributed by atoms with Gasteiger partial charge in [0, 0.05) is 30.3 Å². The summed E-state index contributed by atoms with van der Waals surface area (Å²) in [6.07, 6.45) is 0. The number of amides is 1. The Kier molecular flexibility index (Phi) is 5.61. The minimum Gasteiger partial charge on any atom is -0.330 e. The van der Waals surface area contributed by atoms with Crippen LogP contribution in [0.5, 0.6) is 0 Å². The van der Waals surface area contributed by atoms with Crippen LogP contribution in [0.1, 0.15) is 27.0 Å². The van der Waals surface area contributed by atoms with Gasteiger partial charge in [-0.1, -0.05) is 60.7 Å². The number of carbonyl (C=O) groups is 1. The highest BCUT2D eigenvalue weighted by Gasteiger charge is 2.19. The van der Waals surface area contributed by atoms with Crippen LogP contribution in [0.3, 0.4) is 0 Å². The summed E-state index contributed by atoms with van der Waals surface area (Å²) in [5, 5.41) is 11.0. The average molecular weight is 360 g/mol. The van der Waals surface area contributed by atoms with Crippen LogP contribution >= 0.6 is 0 Å². The molecule has 0 unspecified atom stereocenters. The van der Waals surface area contributed by atoms with Crippen molar-refractivity contribution in [2.45, 2.75) is 20.0 Å². The summed E-state index contributed by atoms with van der Waals surface area (Å²) < 4.78 is 0. The van der Waals surface area contributed by atoms with Crippen molar-refractivity contribution in [1.82, 2.24) is 4.90 Å². The Labute approximate surface area is 158 Å². The highest BCUT2D eigenvalue weighted by molar-refractivity contribution is 5.94. The summed E-state index contributed by atoms with van der Waals surface area (Å²) in [4.78, 5) is 25.5. The molecular formula is C22H20N2O3. The third-order valence-corrected chi connectivity index (χ3v) is 4.36. The zero-order valence-electron chi connectivity index (χ0n) is 15.0. The smallest absolute Gasteiger partial charge is 0.272 e. The van der Waals surface area contributed by atoms with E-state index in [4.69, 9.17) is 0 Å². The molecule has 5 heteroatoms. The van der Waals surface area contributed by atoms with Gasteiger partial charge < -0.3 is 4.90 Å². The number of rotatable bonds is 6. The number of hydrogen-bond acceptors (Lipinski definition) is 3. The van der Waals surface area contributed by atoms with E-state index in [1.807, 2.05) is 60.7 Å². The number of aryl methyl sites for hydroxylation is 1. The molecule has 3 rings (SSSR count). The molecule has 0 aromatic heterocycles. The number of nitrogens with zero attached hydrogens (tertiary/aromatic N) is 2. The van der Waals surface area contributed by atoms with Gasteiger partial charge in [0.2, 0.25) is 0 Å². The first-order valence-electron chi connectivity index (χ1n) is 8.67. The molecular weight excluding hydrogens is 340 g/mol. The highest BCUT2D eigenvalue weighted by Crippen LogP contribution is 2.21. The third-order valence-electron chi connectivity index (χ3n) is 4.36. The van der Waals surface area contributed by atoms with Crippen molar-refractivity contribution in [1.29, 1.82) is 0 Å². The minimum absolute atomic E-state index is 0.0178. The van der Waals surface area contributed by atoms with Crippen LogP contribution in [0.4, 0.5) is 5.69 Å². The molecule has 0 saturated carbocycles. The quantitative estimate of drug-likeness (QED) is 0.471. The fourth-order valence-electron chi connectivity index (χ4n) is 2.98. The Bertz CT molecular complexity index is 899. The van der Waals surface area contributed by atoms with Crippen LogP contribution in [-0.4, -0.2) is 15.7 Å². The first-order chi connectivity index (χ1) is 13.0. The molecule has 3 aromatic carbocycles. The maximum Gasteiger partial charge on any atom is 0.272 e. The van der Waals surface area contributed by atoms with Gasteiger partial charge in [0.25, 0.3) is 11.6 Å². The van der Waals surface area contributed by atoms with Crippen molar-refractivity contribution in [3.8, 4) is 0 Å². The predicted octanol–water partition coefficient (Wildman–Crippen LogP) is 4.75. The number of hydrogen-bond donors (Lipinski definition) is 0. The summed E-state index contributed by atoms with van der Waals surface area (Å²) in [6.45, 7) is 2.57. The molecule has 0 saturated heterocycles. The van der Waals surface area contributed by atoms with E-state index in [0.29, 0.717) is 24.2 Å². The van der Waals surface area contributed by atoms with Gasteiger partial charge in [-0.2, -0.15) is 0 Å². The van der Waals surface area contributed by atoms with Crippen LogP contribution < -0.4 is 0 Å². The molecule has 0 aliphatic rings. The fraction of sp³-hybridized carbons (Fsp3) is 0.136. The Morgan fingerprint density at radius 2 is 1.41 bits per heavy atom. The van der Waals surface area contributed by atoms with Crippen LogP contribution in [0.2, 0.25) is 0 Å². The zero-order valence-corrected chi connectivity index (χ0v) is 15.0. The second kappa shape index (κ2) is 8.27. The lowest BCUT2D eigenvalue weighted by Crippen LogP contribution is -2.30. The summed E-state index contributed by atoms with van der Waals surface area (Å²) in [6, 6.07) is 24.1. The number of nitro groups is 1. The molecule has 0 fully saturated rings. The van der Waals surface area contributed by atoms with Crippen molar-refractivity contribution in [3.63, 3.8) is 0 Å². The molecule has 0 N–H and O–H groups in total. The van der Waals surface area contributed by atoms with E-state index in [1.54, 1.807) is 17.9 Å². The molecule has 0 radical (unpaired) electrons. The van der Waals surface area contributed by atoms with Crippen LogP contribution in [0, 0.1) is 17.0 Å². The zero-order chi connectivity index (χ0) is 19.2. The van der Waals surface area contributed by atoms with E-state index in [0.717, 1.165) is 11.1 Å². The Morgan fingerprint density at radius 3 is 1.85 bits per heavy atom. The Hall–Kier alpha value is -3.47. The van der Waals surface area contributed by atoms with Crippen molar-refractivity contribution in [3.05, 3.63) is 111 Å². The number of carbonyl (C=O) groups excluding carboxylic acids is 1. The molecule has 0 atom stereocenters. The molecule has 0 aliphatic carbocycles. The van der Waals surface area contributed by atoms with Crippen LogP contribution in [-0.2, 0) is 13.1 Å². The highest BCUT2D eigenvalue weighted by atomic mass is 16.6. The molecule has 5 nitrogen and oxygen atoms in total. The second-order valence-electron chi connectivity index (χ2n) is 6.39. The molecule has 136 valence electrons. The summed E-state index contributed by atoms with van der Waals surface area (Å²) >= 11 is 0. The Morgan fingerprint density at radius 1 is 0.889 bits per heavy atom. The lowest BCUT2D eigenvalue weighted by atomic mass is 10.1. The van der Waals surface area contributed by atoms with Gasteiger partial charge in [-0.3, -0.25) is 14.9 Å². The maximum absolute atomic E-state index is 13.1. The standard InChI is InChI=1S/C22H20N2O3/c1-17-14-20(12-13-21(17)24(26)27)22(25)23(15-18-8-4-2-5-9-18)16-19-10-6-3-7-11-19/h2-14H,15-16H2,1H3. The predicted molar refractivity (Wildman–Crippen MR) is 104 cm³/mol. The molecule has 27 heavy (non-hydrogen) atoms. The maximum atomic E-state index is 13.1. The van der Waals surface area contributed by atoms with E-state index >= 15 is 0 Å². The summed E-state index contributed by atoms with van der Waals surface area (Å²) in [7, 11) is 0. The molecule has 0 aliphatic heterocycles. The lowest BCUT2D eigenvalue weighted by molar-refractivity contribution is -0.385. The van der Waals surface area contributed by atoms with Crippen molar-refractivity contribution in [2.75, 3.05) is 0 Å². The van der Waals surface area contributed by atoms with Crippen LogP contribution in [0.15, 0.2) is 78.9 Å². The van der Waals surface area contributed by atoms with Gasteiger partial charge in [0.1, 0.15) is 0 Å². The van der Waals surface area contributed by atoms with Crippen molar-refractivity contribution in [2.24, 2.45) is 0 Å². The second-order valence-corrected chi connectivity index (χ2v) is 6.39. The van der Waals surface area contributed by atoms with Gasteiger partial charge in [-0.25, -0.2) is 0 Å². The van der Waals surface area contributed by atoms with E-state index in [1.165, 1.54) is 12.1 Å². The normalized spacial score (nSPS) is 10.4. The van der Waals surface area contributed by atoms with Crippen molar-refractivity contribution < 1.29 is 9.72 Å². The molecule has 0 heterocycles. The minimum atomic E-state index is -0.435. The summed E-state index contributed by atoms with van der Waals surface area (Å²) in [5.41, 5.74) is 3.00. The first kappa shape index (κ1) is 18.3. The van der Waals surface area contributed by atoms with Gasteiger partial charge in [0.05, 0.1) is 4.92 Å². The topological polar surface area (TPSA) is 63.5 Å². The average Bonchev–Trinajstić information content (AvgIpc) is 2.68. The van der Waals surface area contributed by atoms with Crippen molar-refractivity contribution >= 4 is 11.6 Å². The van der Waals surface area contributed by atoms with Gasteiger partial charge in [-0.15, -0.1) is 0 Å². The molecule has 0 spiro atoms. The first-order valence-corrected chi connectivity index (χ1v) is 8.67. The fourth-order valence-corrected chi connectivity index (χ4v) is 2.98. The van der Waals surface area contributed by atoms with Gasteiger partial charge in [0.15, 0.2) is 0 Å². The van der Waals surface area contributed by atoms with E-state index in [2.05, 4.69) is 0 Å². The van der Waals surface area contributed by atoms with E-state index in [9.17, 15) is 14.9 Å². The SMILES string of the molecule is Cc1cc(C(=O)N(Cc2ccccc2)Cc2ccccc2)ccc1[N+](=O)[O-]. The van der Waals surface area contributed by atoms with Gasteiger partial charge in [-0.05, 0) is 30.2 Å². The van der Waals surface area contributed by atoms with E-state index in [-0.39, 0.29) is 11.6 Å². The van der Waals surface area contributed by atoms with Crippen LogP contribution in [0.25, 0.3) is 0 Å². The summed E-state index contributed by atoms with van der Waals surface area (Å²) in [5.74, 6) is -0.152. The lowest BCUT2D eigenvalue weighted by Gasteiger charge is -2.23. The third kappa shape index (κ3) is 4.58. The molecule has 1 amide bonds. The monoisotopic (exact) mass is 360 g/mol. The van der Waals surface area contributed by atoms with Gasteiger partial charge >= 0.3 is 0 Å². The molecule has 0 bridgehead atoms. The number of benzene rings is 3.